The van der Waals surface area contributed by atoms with E-state index in [2.05, 4.69) is 0 Å². The fourth-order valence-electron chi connectivity index (χ4n) is 2.44. The first-order chi connectivity index (χ1) is 8.15. The van der Waals surface area contributed by atoms with Crippen LogP contribution in [0.4, 0.5) is 0 Å². The topological polar surface area (TPSA) is 94.3 Å². The molecule has 1 rings (SSSR count). The summed E-state index contributed by atoms with van der Waals surface area (Å²) in [5.41, 5.74) is 5.89. The van der Waals surface area contributed by atoms with Gasteiger partial charge in [-0.1, -0.05) is 13.3 Å². The van der Waals surface area contributed by atoms with Crippen molar-refractivity contribution in [2.24, 2.45) is 11.7 Å². The standard InChI is InChI=1S/C11H23NO4S2/c1-3-9-4-5-10(12)11(8-9)18(15,16)7-6-17(2,13)14/h9-11H,3-8,12H2,1-2H3. The number of nitrogens with two attached hydrogens (primary N) is 1. The van der Waals surface area contributed by atoms with Crippen molar-refractivity contribution in [2.45, 2.75) is 43.9 Å². The average molecular weight is 297 g/mol. The van der Waals surface area contributed by atoms with Crippen molar-refractivity contribution in [3.05, 3.63) is 0 Å². The van der Waals surface area contributed by atoms with Gasteiger partial charge in [-0.15, -0.1) is 0 Å². The lowest BCUT2D eigenvalue weighted by Gasteiger charge is -2.33. The summed E-state index contributed by atoms with van der Waals surface area (Å²) in [7, 11) is -6.67. The molecule has 1 aliphatic rings. The zero-order valence-electron chi connectivity index (χ0n) is 11.0. The van der Waals surface area contributed by atoms with Crippen LogP contribution in [0, 0.1) is 5.92 Å². The fourth-order valence-corrected chi connectivity index (χ4v) is 6.11. The van der Waals surface area contributed by atoms with Crippen LogP contribution in [-0.2, 0) is 19.7 Å². The maximum absolute atomic E-state index is 12.2. The molecule has 2 N–H and O–H groups in total. The van der Waals surface area contributed by atoms with E-state index in [-0.39, 0.29) is 17.5 Å². The van der Waals surface area contributed by atoms with Gasteiger partial charge in [0.1, 0.15) is 9.84 Å². The molecule has 0 heterocycles. The summed E-state index contributed by atoms with van der Waals surface area (Å²) in [4.78, 5) is 0. The Morgan fingerprint density at radius 1 is 1.11 bits per heavy atom. The van der Waals surface area contributed by atoms with E-state index < -0.39 is 24.9 Å². The van der Waals surface area contributed by atoms with E-state index >= 15 is 0 Å². The number of hydrogen-bond donors (Lipinski definition) is 1. The Morgan fingerprint density at radius 2 is 1.72 bits per heavy atom. The zero-order valence-corrected chi connectivity index (χ0v) is 12.6. The Hall–Kier alpha value is -0.140. The molecule has 0 bridgehead atoms. The van der Waals surface area contributed by atoms with Crippen LogP contribution in [-0.4, -0.2) is 45.9 Å². The molecule has 7 heteroatoms. The van der Waals surface area contributed by atoms with Gasteiger partial charge in [-0.3, -0.25) is 0 Å². The van der Waals surface area contributed by atoms with Crippen LogP contribution in [0.2, 0.25) is 0 Å². The minimum atomic E-state index is -3.41. The average Bonchev–Trinajstić information content (AvgIpc) is 2.26. The second-order valence-electron chi connectivity index (χ2n) is 5.29. The summed E-state index contributed by atoms with van der Waals surface area (Å²) in [5.74, 6) is -0.224. The van der Waals surface area contributed by atoms with Gasteiger partial charge in [0.2, 0.25) is 0 Å². The molecule has 1 fully saturated rings. The Morgan fingerprint density at radius 3 is 2.22 bits per heavy atom. The first kappa shape index (κ1) is 15.9. The molecule has 1 saturated carbocycles. The third-order valence-electron chi connectivity index (χ3n) is 3.73. The fraction of sp³-hybridized carbons (Fsp3) is 1.00. The zero-order chi connectivity index (χ0) is 14.0. The molecule has 0 aromatic heterocycles. The largest absolute Gasteiger partial charge is 0.327 e. The van der Waals surface area contributed by atoms with Gasteiger partial charge in [-0.25, -0.2) is 16.8 Å². The molecule has 0 aliphatic heterocycles. The van der Waals surface area contributed by atoms with Crippen LogP contribution in [0.25, 0.3) is 0 Å². The molecule has 0 aromatic carbocycles. The molecule has 0 spiro atoms. The Bertz CT molecular complexity index is 469. The molecule has 0 aromatic rings. The van der Waals surface area contributed by atoms with Crippen molar-refractivity contribution in [1.29, 1.82) is 0 Å². The number of hydrogen-bond acceptors (Lipinski definition) is 5. The van der Waals surface area contributed by atoms with Crippen LogP contribution in [0.1, 0.15) is 32.6 Å². The molecule has 1 aliphatic carbocycles. The lowest BCUT2D eigenvalue weighted by atomic mass is 9.84. The first-order valence-corrected chi connectivity index (χ1v) is 10.1. The second-order valence-corrected chi connectivity index (χ2v) is 9.89. The van der Waals surface area contributed by atoms with E-state index in [0.29, 0.717) is 18.8 Å². The molecule has 0 amide bonds. The van der Waals surface area contributed by atoms with Crippen molar-refractivity contribution in [1.82, 2.24) is 0 Å². The molecule has 18 heavy (non-hydrogen) atoms. The maximum atomic E-state index is 12.2. The highest BCUT2D eigenvalue weighted by atomic mass is 32.2. The van der Waals surface area contributed by atoms with E-state index in [9.17, 15) is 16.8 Å². The Kier molecular flexibility index (Phi) is 5.20. The summed E-state index contributed by atoms with van der Waals surface area (Å²) in [6, 6.07) is -0.350. The van der Waals surface area contributed by atoms with Gasteiger partial charge >= 0.3 is 0 Å². The monoisotopic (exact) mass is 297 g/mol. The number of rotatable bonds is 5. The molecule has 108 valence electrons. The first-order valence-electron chi connectivity index (χ1n) is 6.30. The minimum Gasteiger partial charge on any atom is -0.327 e. The number of sulfone groups is 2. The van der Waals surface area contributed by atoms with E-state index in [1.165, 1.54) is 0 Å². The quantitative estimate of drug-likeness (QED) is 0.790. The molecule has 5 nitrogen and oxygen atoms in total. The summed E-state index contributed by atoms with van der Waals surface area (Å²) in [5, 5.41) is -0.571. The molecular formula is C11H23NO4S2. The molecule has 0 saturated heterocycles. The van der Waals surface area contributed by atoms with Gasteiger partial charge in [0.05, 0.1) is 16.8 Å². The molecule has 0 radical (unpaired) electrons. The second kappa shape index (κ2) is 5.88. The summed E-state index contributed by atoms with van der Waals surface area (Å²) < 4.78 is 46.5. The SMILES string of the molecule is CCC1CCC(N)C(S(=O)(=O)CCS(C)(=O)=O)C1. The lowest BCUT2D eigenvalue weighted by molar-refractivity contribution is 0.319. The van der Waals surface area contributed by atoms with E-state index in [1.807, 2.05) is 6.92 Å². The molecular weight excluding hydrogens is 274 g/mol. The van der Waals surface area contributed by atoms with Crippen LogP contribution in [0.5, 0.6) is 0 Å². The van der Waals surface area contributed by atoms with Crippen LogP contribution < -0.4 is 5.73 Å². The third kappa shape index (κ3) is 4.51. The summed E-state index contributed by atoms with van der Waals surface area (Å²) in [6.07, 6.45) is 4.25. The smallest absolute Gasteiger partial charge is 0.155 e. The van der Waals surface area contributed by atoms with Gasteiger partial charge < -0.3 is 5.73 Å². The Labute approximate surface area is 110 Å². The van der Waals surface area contributed by atoms with Crippen molar-refractivity contribution < 1.29 is 16.8 Å². The van der Waals surface area contributed by atoms with Crippen molar-refractivity contribution in [3.63, 3.8) is 0 Å². The lowest BCUT2D eigenvalue weighted by Crippen LogP contribution is -2.46. The Balaban J connectivity index is 2.76. The molecule has 3 unspecified atom stereocenters. The third-order valence-corrected chi connectivity index (χ3v) is 7.17. The van der Waals surface area contributed by atoms with Crippen molar-refractivity contribution in [2.75, 3.05) is 17.8 Å². The summed E-state index contributed by atoms with van der Waals surface area (Å²) >= 11 is 0. The minimum absolute atomic E-state index is 0.305. The van der Waals surface area contributed by atoms with E-state index in [1.54, 1.807) is 0 Å². The summed E-state index contributed by atoms with van der Waals surface area (Å²) in [6.45, 7) is 2.04. The normalized spacial score (nSPS) is 30.3. The predicted molar refractivity (Wildman–Crippen MR) is 72.9 cm³/mol. The van der Waals surface area contributed by atoms with Crippen LogP contribution in [0.15, 0.2) is 0 Å². The van der Waals surface area contributed by atoms with Gasteiger partial charge in [-0.2, -0.15) is 0 Å². The van der Waals surface area contributed by atoms with Gasteiger partial charge in [0.15, 0.2) is 9.84 Å². The van der Waals surface area contributed by atoms with Crippen LogP contribution in [0.3, 0.4) is 0 Å². The van der Waals surface area contributed by atoms with Crippen LogP contribution >= 0.6 is 0 Å². The van der Waals surface area contributed by atoms with Gasteiger partial charge in [0, 0.05) is 12.3 Å². The highest BCUT2D eigenvalue weighted by Gasteiger charge is 2.36. The predicted octanol–water partition coefficient (Wildman–Crippen LogP) is 0.352. The van der Waals surface area contributed by atoms with Crippen molar-refractivity contribution >= 4 is 19.7 Å². The molecule has 3 atom stereocenters. The van der Waals surface area contributed by atoms with Gasteiger partial charge in [-0.05, 0) is 25.2 Å². The van der Waals surface area contributed by atoms with E-state index in [0.717, 1.165) is 19.1 Å². The van der Waals surface area contributed by atoms with Crippen molar-refractivity contribution in [3.8, 4) is 0 Å². The van der Waals surface area contributed by atoms with E-state index in [4.69, 9.17) is 5.73 Å². The van der Waals surface area contributed by atoms with Gasteiger partial charge in [0.25, 0.3) is 0 Å². The highest BCUT2D eigenvalue weighted by molar-refractivity contribution is 7.95. The highest BCUT2D eigenvalue weighted by Crippen LogP contribution is 2.30. The maximum Gasteiger partial charge on any atom is 0.155 e.